The predicted octanol–water partition coefficient (Wildman–Crippen LogP) is 4.11. The molecule has 0 saturated heterocycles. The average Bonchev–Trinajstić information content (AvgIpc) is 2.70. The van der Waals surface area contributed by atoms with Gasteiger partial charge in [0.15, 0.2) is 0 Å². The number of oxime groups is 1. The first-order valence-corrected chi connectivity index (χ1v) is 7.18. The van der Waals surface area contributed by atoms with Gasteiger partial charge in [0.25, 0.3) is 0 Å². The lowest BCUT2D eigenvalue weighted by Gasteiger charge is -2.29. The van der Waals surface area contributed by atoms with Crippen molar-refractivity contribution in [3.8, 4) is 5.75 Å². The maximum Gasteiger partial charge on any atom is 0.128 e. The molecule has 0 unspecified atom stereocenters. The summed E-state index contributed by atoms with van der Waals surface area (Å²) in [6, 6.07) is 2.13. The molecule has 0 aliphatic heterocycles. The molecule has 0 atom stereocenters. The summed E-state index contributed by atoms with van der Waals surface area (Å²) in [6.07, 6.45) is 1.52. The van der Waals surface area contributed by atoms with E-state index in [-0.39, 0.29) is 16.6 Å². The molecule has 0 fully saturated rings. The van der Waals surface area contributed by atoms with E-state index in [1.54, 1.807) is 0 Å². The fourth-order valence-electron chi connectivity index (χ4n) is 2.99. The summed E-state index contributed by atoms with van der Waals surface area (Å²) in [5.74, 6) is 0.283. The minimum Gasteiger partial charge on any atom is -0.507 e. The van der Waals surface area contributed by atoms with Crippen molar-refractivity contribution in [3.63, 3.8) is 0 Å². The smallest absolute Gasteiger partial charge is 0.128 e. The topological polar surface area (TPSA) is 52.8 Å². The zero-order valence-electron chi connectivity index (χ0n) is 13.3. The van der Waals surface area contributed by atoms with Crippen molar-refractivity contribution in [1.29, 1.82) is 0 Å². The Morgan fingerprint density at radius 2 is 1.50 bits per heavy atom. The fraction of sp³-hybridized carbons (Fsp3) is 0.588. The Kier molecular flexibility index (Phi) is 3.35. The summed E-state index contributed by atoms with van der Waals surface area (Å²) in [7, 11) is 0. The van der Waals surface area contributed by atoms with Gasteiger partial charge in [-0.1, -0.05) is 52.8 Å². The van der Waals surface area contributed by atoms with Crippen LogP contribution in [0.5, 0.6) is 5.75 Å². The van der Waals surface area contributed by atoms with Crippen molar-refractivity contribution in [2.24, 2.45) is 5.16 Å². The van der Waals surface area contributed by atoms with Gasteiger partial charge in [-0.2, -0.15) is 0 Å². The first-order chi connectivity index (χ1) is 9.07. The van der Waals surface area contributed by atoms with E-state index >= 15 is 0 Å². The molecular weight excluding hydrogens is 250 g/mol. The largest absolute Gasteiger partial charge is 0.507 e. The monoisotopic (exact) mass is 275 g/mol. The van der Waals surface area contributed by atoms with Gasteiger partial charge in [0, 0.05) is 11.1 Å². The van der Waals surface area contributed by atoms with Crippen LogP contribution in [-0.4, -0.2) is 16.0 Å². The van der Waals surface area contributed by atoms with Gasteiger partial charge in [-0.05, 0) is 34.8 Å². The normalized spacial score (nSPS) is 17.6. The maximum absolute atomic E-state index is 10.6. The highest BCUT2D eigenvalue weighted by atomic mass is 16.4. The van der Waals surface area contributed by atoms with Crippen LogP contribution in [0.4, 0.5) is 0 Å². The van der Waals surface area contributed by atoms with Gasteiger partial charge in [-0.15, -0.1) is 0 Å². The fourth-order valence-corrected chi connectivity index (χ4v) is 2.99. The second kappa shape index (κ2) is 4.51. The zero-order valence-corrected chi connectivity index (χ0v) is 13.3. The van der Waals surface area contributed by atoms with E-state index < -0.39 is 0 Å². The quantitative estimate of drug-likeness (QED) is 0.553. The third-order valence-electron chi connectivity index (χ3n) is 4.04. The van der Waals surface area contributed by atoms with Gasteiger partial charge in [-0.3, -0.25) is 0 Å². The van der Waals surface area contributed by atoms with Crippen LogP contribution in [0.15, 0.2) is 11.2 Å². The van der Waals surface area contributed by atoms with Gasteiger partial charge in [0.1, 0.15) is 5.75 Å². The van der Waals surface area contributed by atoms with E-state index in [0.717, 1.165) is 23.1 Å². The van der Waals surface area contributed by atoms with E-state index in [4.69, 9.17) is 0 Å². The Morgan fingerprint density at radius 3 is 1.95 bits per heavy atom. The standard InChI is InChI=1S/C17H25NO2/c1-16(2,3)11-9-12(17(4,5)6)15(19)14-10(11)7-8-13(14)18-20/h9,19-20H,7-8H2,1-6H3. The highest BCUT2D eigenvalue weighted by Crippen LogP contribution is 2.44. The van der Waals surface area contributed by atoms with E-state index in [1.165, 1.54) is 5.56 Å². The van der Waals surface area contributed by atoms with Crippen molar-refractivity contribution in [3.05, 3.63) is 28.3 Å². The Balaban J connectivity index is 2.84. The summed E-state index contributed by atoms with van der Waals surface area (Å²) in [4.78, 5) is 0. The van der Waals surface area contributed by atoms with Crippen LogP contribution in [0.2, 0.25) is 0 Å². The lowest BCUT2D eigenvalue weighted by atomic mass is 9.76. The van der Waals surface area contributed by atoms with Crippen LogP contribution in [0.25, 0.3) is 0 Å². The Bertz CT molecular complexity index is 572. The number of fused-ring (bicyclic) bond motifs is 1. The lowest BCUT2D eigenvalue weighted by Crippen LogP contribution is -2.19. The first-order valence-electron chi connectivity index (χ1n) is 7.18. The number of phenols is 1. The van der Waals surface area contributed by atoms with Crippen LogP contribution >= 0.6 is 0 Å². The summed E-state index contributed by atoms with van der Waals surface area (Å²) < 4.78 is 0. The van der Waals surface area contributed by atoms with Crippen LogP contribution < -0.4 is 0 Å². The van der Waals surface area contributed by atoms with Crippen molar-refractivity contribution in [2.75, 3.05) is 0 Å². The molecule has 0 saturated carbocycles. The maximum atomic E-state index is 10.6. The van der Waals surface area contributed by atoms with Gasteiger partial charge in [0.2, 0.25) is 0 Å². The third kappa shape index (κ3) is 2.30. The molecule has 1 aromatic carbocycles. The van der Waals surface area contributed by atoms with Gasteiger partial charge in [0.05, 0.1) is 5.71 Å². The van der Waals surface area contributed by atoms with Crippen LogP contribution in [0.3, 0.4) is 0 Å². The molecule has 0 radical (unpaired) electrons. The molecule has 0 bridgehead atoms. The molecule has 0 amide bonds. The van der Waals surface area contributed by atoms with Crippen LogP contribution in [0, 0.1) is 0 Å². The van der Waals surface area contributed by atoms with Crippen molar-refractivity contribution >= 4 is 5.71 Å². The lowest BCUT2D eigenvalue weighted by molar-refractivity contribution is 0.318. The third-order valence-corrected chi connectivity index (χ3v) is 4.04. The summed E-state index contributed by atoms with van der Waals surface area (Å²) >= 11 is 0. The highest BCUT2D eigenvalue weighted by Gasteiger charge is 2.33. The van der Waals surface area contributed by atoms with Gasteiger partial charge in [-0.25, -0.2) is 0 Å². The highest BCUT2D eigenvalue weighted by molar-refractivity contribution is 6.07. The Labute approximate surface area is 121 Å². The number of aromatic hydroxyl groups is 1. The summed E-state index contributed by atoms with van der Waals surface area (Å²) in [6.45, 7) is 12.8. The number of hydrogen-bond acceptors (Lipinski definition) is 3. The molecule has 1 aliphatic rings. The van der Waals surface area contributed by atoms with Gasteiger partial charge < -0.3 is 10.3 Å². The Morgan fingerprint density at radius 1 is 0.950 bits per heavy atom. The molecule has 1 aromatic rings. The number of phenolic OH excluding ortho intramolecular Hbond substituents is 1. The van der Waals surface area contributed by atoms with Crippen molar-refractivity contribution < 1.29 is 10.3 Å². The second-order valence-corrected chi connectivity index (χ2v) is 7.72. The molecule has 2 N–H and O–H groups in total. The van der Waals surface area contributed by atoms with Crippen molar-refractivity contribution in [1.82, 2.24) is 0 Å². The van der Waals surface area contributed by atoms with E-state index in [0.29, 0.717) is 12.1 Å². The molecule has 0 spiro atoms. The molecular formula is C17H25NO2. The SMILES string of the molecule is CC(C)(C)c1cc(C(C)(C)C)c2c(c1O)C(=NO)CC2. The van der Waals surface area contributed by atoms with Crippen LogP contribution in [0.1, 0.15) is 70.2 Å². The Hall–Kier alpha value is -1.51. The second-order valence-electron chi connectivity index (χ2n) is 7.72. The average molecular weight is 275 g/mol. The minimum absolute atomic E-state index is 0.00267. The van der Waals surface area contributed by atoms with Crippen molar-refractivity contribution in [2.45, 2.75) is 65.2 Å². The predicted molar refractivity (Wildman–Crippen MR) is 82.2 cm³/mol. The van der Waals surface area contributed by atoms with E-state index in [9.17, 15) is 10.3 Å². The molecule has 3 nitrogen and oxygen atoms in total. The molecule has 0 heterocycles. The summed E-state index contributed by atoms with van der Waals surface area (Å²) in [5, 5.41) is 23.2. The number of rotatable bonds is 0. The minimum atomic E-state index is -0.151. The molecule has 0 aromatic heterocycles. The molecule has 3 heteroatoms. The number of benzene rings is 1. The number of nitrogens with zero attached hydrogens (tertiary/aromatic N) is 1. The van der Waals surface area contributed by atoms with Crippen LogP contribution in [-0.2, 0) is 17.3 Å². The van der Waals surface area contributed by atoms with E-state index in [2.05, 4.69) is 52.8 Å². The van der Waals surface area contributed by atoms with Gasteiger partial charge >= 0.3 is 0 Å². The molecule has 2 rings (SSSR count). The molecule has 20 heavy (non-hydrogen) atoms. The molecule has 1 aliphatic carbocycles. The molecule has 110 valence electrons. The summed E-state index contributed by atoms with van der Waals surface area (Å²) in [5.41, 5.74) is 4.51. The number of hydrogen-bond donors (Lipinski definition) is 2. The first kappa shape index (κ1) is 14.9. The zero-order chi connectivity index (χ0) is 15.3. The van der Waals surface area contributed by atoms with E-state index in [1.807, 2.05) is 0 Å².